The van der Waals surface area contributed by atoms with Crippen LogP contribution < -0.4 is 5.48 Å². The zero-order valence-electron chi connectivity index (χ0n) is 6.47. The predicted molar refractivity (Wildman–Crippen MR) is 36.1 cm³/mol. The van der Waals surface area contributed by atoms with Crippen LogP contribution in [0.4, 0.5) is 0 Å². The molecule has 0 aliphatic carbocycles. The van der Waals surface area contributed by atoms with Gasteiger partial charge in [-0.3, -0.25) is 0 Å². The third-order valence-corrected chi connectivity index (χ3v) is 1.38. The first-order valence-electron chi connectivity index (χ1n) is 3.03. The minimum Gasteiger partial charge on any atom is -0.380 e. The number of rotatable bonds is 4. The van der Waals surface area contributed by atoms with E-state index >= 15 is 0 Å². The maximum Gasteiger partial charge on any atom is 0.0716 e. The highest BCUT2D eigenvalue weighted by Gasteiger charge is 2.08. The lowest BCUT2D eigenvalue weighted by Crippen LogP contribution is -2.35. The van der Waals surface area contributed by atoms with Gasteiger partial charge in [0.25, 0.3) is 0 Å². The molecule has 2 unspecified atom stereocenters. The molecule has 0 spiro atoms. The van der Waals surface area contributed by atoms with Crippen LogP contribution in [0.3, 0.4) is 0 Å². The highest BCUT2D eigenvalue weighted by Crippen LogP contribution is 1.94. The van der Waals surface area contributed by atoms with Crippen LogP contribution in [0.2, 0.25) is 0 Å². The summed E-state index contributed by atoms with van der Waals surface area (Å²) in [5.41, 5.74) is 2.77. The molecule has 0 amide bonds. The lowest BCUT2D eigenvalue weighted by atomic mass is 10.2. The molecular weight excluding hydrogens is 118 g/mol. The Morgan fingerprint density at radius 2 is 1.78 bits per heavy atom. The van der Waals surface area contributed by atoms with Gasteiger partial charge >= 0.3 is 0 Å². The van der Waals surface area contributed by atoms with Gasteiger partial charge in [0.05, 0.1) is 19.3 Å². The second-order valence-corrected chi connectivity index (χ2v) is 2.05. The SMILES string of the molecule is CONC(C)C(C)OC. The molecule has 0 aliphatic rings. The van der Waals surface area contributed by atoms with Crippen molar-refractivity contribution in [1.29, 1.82) is 0 Å². The molecule has 0 fully saturated rings. The zero-order valence-corrected chi connectivity index (χ0v) is 6.47. The van der Waals surface area contributed by atoms with Crippen molar-refractivity contribution < 1.29 is 9.57 Å². The summed E-state index contributed by atoms with van der Waals surface area (Å²) in [7, 11) is 3.28. The Kier molecular flexibility index (Phi) is 4.67. The summed E-state index contributed by atoms with van der Waals surface area (Å²) in [6.45, 7) is 3.98. The summed E-state index contributed by atoms with van der Waals surface area (Å²) >= 11 is 0. The van der Waals surface area contributed by atoms with E-state index in [4.69, 9.17) is 9.57 Å². The largest absolute Gasteiger partial charge is 0.380 e. The van der Waals surface area contributed by atoms with Crippen LogP contribution in [0.15, 0.2) is 0 Å². The van der Waals surface area contributed by atoms with Crippen LogP contribution in [0.25, 0.3) is 0 Å². The van der Waals surface area contributed by atoms with Gasteiger partial charge in [0.15, 0.2) is 0 Å². The number of hydrogen-bond donors (Lipinski definition) is 1. The summed E-state index contributed by atoms with van der Waals surface area (Å²) in [5, 5.41) is 0. The monoisotopic (exact) mass is 133 g/mol. The molecule has 0 bridgehead atoms. The summed E-state index contributed by atoms with van der Waals surface area (Å²) in [6, 6.07) is 0.236. The lowest BCUT2D eigenvalue weighted by Gasteiger charge is -2.17. The van der Waals surface area contributed by atoms with E-state index in [1.54, 1.807) is 14.2 Å². The molecule has 0 saturated heterocycles. The second-order valence-electron chi connectivity index (χ2n) is 2.05. The molecule has 9 heavy (non-hydrogen) atoms. The fourth-order valence-electron chi connectivity index (χ4n) is 0.486. The smallest absolute Gasteiger partial charge is 0.0716 e. The molecule has 2 atom stereocenters. The maximum absolute atomic E-state index is 5.02. The Morgan fingerprint density at radius 1 is 1.22 bits per heavy atom. The van der Waals surface area contributed by atoms with Gasteiger partial charge in [-0.05, 0) is 13.8 Å². The van der Waals surface area contributed by atoms with E-state index in [0.717, 1.165) is 0 Å². The van der Waals surface area contributed by atoms with Crippen molar-refractivity contribution in [2.24, 2.45) is 0 Å². The average molecular weight is 133 g/mol. The van der Waals surface area contributed by atoms with Crippen molar-refractivity contribution in [3.8, 4) is 0 Å². The summed E-state index contributed by atoms with van der Waals surface area (Å²) < 4.78 is 5.02. The molecule has 0 heterocycles. The zero-order chi connectivity index (χ0) is 7.28. The molecule has 1 N–H and O–H groups in total. The van der Waals surface area contributed by atoms with Crippen molar-refractivity contribution in [3.63, 3.8) is 0 Å². The Bertz CT molecular complexity index is 68.1. The summed E-state index contributed by atoms with van der Waals surface area (Å²) in [5.74, 6) is 0. The minimum absolute atomic E-state index is 0.185. The van der Waals surface area contributed by atoms with Gasteiger partial charge in [0.1, 0.15) is 0 Å². The van der Waals surface area contributed by atoms with Crippen molar-refractivity contribution in [3.05, 3.63) is 0 Å². The standard InChI is InChI=1S/C6H15NO2/c1-5(7-9-4)6(2)8-3/h5-7H,1-4H3. The normalized spacial score (nSPS) is 17.3. The van der Waals surface area contributed by atoms with Crippen LogP contribution in [0, 0.1) is 0 Å². The van der Waals surface area contributed by atoms with Crippen molar-refractivity contribution in [2.45, 2.75) is 26.0 Å². The third-order valence-electron chi connectivity index (χ3n) is 1.38. The number of hydroxylamine groups is 1. The molecule has 0 aromatic heterocycles. The van der Waals surface area contributed by atoms with Gasteiger partial charge in [-0.2, -0.15) is 5.48 Å². The number of nitrogens with one attached hydrogen (secondary N) is 1. The van der Waals surface area contributed by atoms with Gasteiger partial charge in [-0.25, -0.2) is 0 Å². The van der Waals surface area contributed by atoms with E-state index in [2.05, 4.69) is 5.48 Å². The van der Waals surface area contributed by atoms with Crippen molar-refractivity contribution in [2.75, 3.05) is 14.2 Å². The third kappa shape index (κ3) is 3.46. The van der Waals surface area contributed by atoms with Crippen LogP contribution in [-0.4, -0.2) is 26.4 Å². The highest BCUT2D eigenvalue weighted by atomic mass is 16.6. The van der Waals surface area contributed by atoms with Crippen LogP contribution in [-0.2, 0) is 9.57 Å². The van der Waals surface area contributed by atoms with Gasteiger partial charge in [-0.1, -0.05) is 0 Å². The maximum atomic E-state index is 5.02. The first-order chi connectivity index (χ1) is 4.22. The van der Waals surface area contributed by atoms with E-state index in [0.29, 0.717) is 0 Å². The molecule has 0 aromatic rings. The van der Waals surface area contributed by atoms with Crippen LogP contribution in [0.1, 0.15) is 13.8 Å². The molecule has 0 aliphatic heterocycles. The van der Waals surface area contributed by atoms with Gasteiger partial charge in [0, 0.05) is 7.11 Å². The number of ether oxygens (including phenoxy) is 1. The van der Waals surface area contributed by atoms with E-state index in [-0.39, 0.29) is 12.1 Å². The topological polar surface area (TPSA) is 30.5 Å². The van der Waals surface area contributed by atoms with Gasteiger partial charge < -0.3 is 9.57 Å². The minimum atomic E-state index is 0.185. The highest BCUT2D eigenvalue weighted by molar-refractivity contribution is 4.62. The fraction of sp³-hybridized carbons (Fsp3) is 1.00. The molecule has 0 radical (unpaired) electrons. The molecular formula is C6H15NO2. The Hall–Kier alpha value is -0.120. The molecule has 0 aromatic carbocycles. The Balaban J connectivity index is 3.32. The molecule has 3 heteroatoms. The van der Waals surface area contributed by atoms with Crippen LogP contribution in [0.5, 0.6) is 0 Å². The van der Waals surface area contributed by atoms with E-state index in [9.17, 15) is 0 Å². The molecule has 56 valence electrons. The second kappa shape index (κ2) is 4.73. The number of methoxy groups -OCH3 is 1. The van der Waals surface area contributed by atoms with Crippen molar-refractivity contribution in [1.82, 2.24) is 5.48 Å². The average Bonchev–Trinajstić information content (AvgIpc) is 1.87. The van der Waals surface area contributed by atoms with E-state index in [1.165, 1.54) is 0 Å². The quantitative estimate of drug-likeness (QED) is 0.568. The van der Waals surface area contributed by atoms with Crippen LogP contribution >= 0.6 is 0 Å². The molecule has 0 saturated carbocycles. The summed E-state index contributed by atoms with van der Waals surface area (Å²) in [4.78, 5) is 4.70. The van der Waals surface area contributed by atoms with E-state index in [1.807, 2.05) is 13.8 Å². The Morgan fingerprint density at radius 3 is 2.11 bits per heavy atom. The van der Waals surface area contributed by atoms with Gasteiger partial charge in [0.2, 0.25) is 0 Å². The predicted octanol–water partition coefficient (Wildman–Crippen LogP) is 0.561. The Labute approximate surface area is 56.3 Å². The van der Waals surface area contributed by atoms with E-state index < -0.39 is 0 Å². The molecule has 0 rings (SSSR count). The molecule has 3 nitrogen and oxygen atoms in total. The first-order valence-corrected chi connectivity index (χ1v) is 3.03. The van der Waals surface area contributed by atoms with Gasteiger partial charge in [-0.15, -0.1) is 0 Å². The number of hydrogen-bond acceptors (Lipinski definition) is 3. The van der Waals surface area contributed by atoms with Crippen molar-refractivity contribution >= 4 is 0 Å². The summed E-state index contributed by atoms with van der Waals surface area (Å²) in [6.07, 6.45) is 0.185. The fourth-order valence-corrected chi connectivity index (χ4v) is 0.486. The lowest BCUT2D eigenvalue weighted by molar-refractivity contribution is 0.00128. The first kappa shape index (κ1) is 8.88.